The van der Waals surface area contributed by atoms with Gasteiger partial charge in [-0.3, -0.25) is 9.48 Å². The van der Waals surface area contributed by atoms with Gasteiger partial charge in [0, 0.05) is 7.05 Å². The first kappa shape index (κ1) is 12.7. The van der Waals surface area contributed by atoms with Gasteiger partial charge in [0.05, 0.1) is 23.1 Å². The number of aromatic nitrogens is 4. The molecular formula is C12H12N6O. The number of carbonyl (C=O) groups excluding carboxylic acids is 1. The van der Waals surface area contributed by atoms with E-state index in [9.17, 15) is 4.79 Å². The molecule has 0 aliphatic heterocycles. The summed E-state index contributed by atoms with van der Waals surface area (Å²) in [5.41, 5.74) is 1.93. The van der Waals surface area contributed by atoms with Gasteiger partial charge in [0.1, 0.15) is 17.5 Å². The summed E-state index contributed by atoms with van der Waals surface area (Å²) >= 11 is 0. The van der Waals surface area contributed by atoms with E-state index in [0.717, 1.165) is 0 Å². The van der Waals surface area contributed by atoms with E-state index in [1.54, 1.807) is 27.0 Å². The number of hydrogen-bond donors (Lipinski definition) is 1. The minimum Gasteiger partial charge on any atom is -0.306 e. The van der Waals surface area contributed by atoms with E-state index < -0.39 is 0 Å². The number of nitriles is 1. The molecule has 2 heterocycles. The fourth-order valence-corrected chi connectivity index (χ4v) is 1.62. The first-order valence-electron chi connectivity index (χ1n) is 5.57. The molecule has 0 bridgehead atoms. The molecule has 0 aliphatic rings. The summed E-state index contributed by atoms with van der Waals surface area (Å²) in [5.74, 6) is 0.0250. The summed E-state index contributed by atoms with van der Waals surface area (Å²) in [6.07, 6.45) is 1.40. The molecule has 0 fully saturated rings. The third-order valence-corrected chi connectivity index (χ3v) is 2.64. The lowest BCUT2D eigenvalue weighted by Gasteiger charge is -2.07. The molecule has 1 amide bonds. The van der Waals surface area contributed by atoms with Gasteiger partial charge in [0.2, 0.25) is 0 Å². The number of hydrogen-bond acceptors (Lipinski definition) is 5. The second-order valence-electron chi connectivity index (χ2n) is 4.08. The van der Waals surface area contributed by atoms with Crippen molar-refractivity contribution < 1.29 is 4.79 Å². The lowest BCUT2D eigenvalue weighted by Crippen LogP contribution is -2.17. The molecule has 2 aromatic rings. The zero-order valence-electron chi connectivity index (χ0n) is 10.8. The van der Waals surface area contributed by atoms with Crippen LogP contribution >= 0.6 is 0 Å². The molecule has 0 saturated carbocycles. The number of nitrogens with zero attached hydrogens (tertiary/aromatic N) is 5. The summed E-state index contributed by atoms with van der Waals surface area (Å²) in [5, 5.41) is 23.3. The predicted octanol–water partition coefficient (Wildman–Crippen LogP) is 0.951. The quantitative estimate of drug-likeness (QED) is 0.862. The van der Waals surface area contributed by atoms with Crippen LogP contribution in [0.5, 0.6) is 0 Å². The van der Waals surface area contributed by atoms with E-state index in [1.165, 1.54) is 10.9 Å². The summed E-state index contributed by atoms with van der Waals surface area (Å²) in [6, 6.07) is 3.63. The first-order valence-corrected chi connectivity index (χ1v) is 5.57. The monoisotopic (exact) mass is 256 g/mol. The zero-order valence-corrected chi connectivity index (χ0v) is 10.8. The molecular weight excluding hydrogens is 244 g/mol. The molecule has 0 aromatic carbocycles. The van der Waals surface area contributed by atoms with Crippen molar-refractivity contribution in [3.63, 3.8) is 0 Å². The van der Waals surface area contributed by atoms with Crippen molar-refractivity contribution in [1.82, 2.24) is 20.0 Å². The summed E-state index contributed by atoms with van der Waals surface area (Å²) in [4.78, 5) is 12.2. The molecule has 2 aromatic heterocycles. The highest BCUT2D eigenvalue weighted by molar-refractivity contribution is 6.05. The average Bonchev–Trinajstić information content (AvgIpc) is 2.73. The Kier molecular flexibility index (Phi) is 3.25. The molecule has 0 unspecified atom stereocenters. The van der Waals surface area contributed by atoms with Crippen molar-refractivity contribution in [2.45, 2.75) is 13.8 Å². The minimum absolute atomic E-state index is 0.312. The van der Waals surface area contributed by atoms with Crippen molar-refractivity contribution in [2.24, 2.45) is 7.05 Å². The number of carbonyl (C=O) groups is 1. The highest BCUT2D eigenvalue weighted by Crippen LogP contribution is 2.15. The number of amides is 1. The smallest absolute Gasteiger partial charge is 0.258 e. The molecule has 7 nitrogen and oxygen atoms in total. The maximum Gasteiger partial charge on any atom is 0.258 e. The number of rotatable bonds is 2. The van der Waals surface area contributed by atoms with Gasteiger partial charge >= 0.3 is 0 Å². The number of anilines is 1. The van der Waals surface area contributed by atoms with Crippen LogP contribution in [0.4, 0.5) is 5.82 Å². The third kappa shape index (κ3) is 2.42. The van der Waals surface area contributed by atoms with Gasteiger partial charge < -0.3 is 5.32 Å². The first-order chi connectivity index (χ1) is 9.02. The maximum atomic E-state index is 12.2. The van der Waals surface area contributed by atoms with Gasteiger partial charge in [-0.25, -0.2) is 0 Å². The van der Waals surface area contributed by atoms with Gasteiger partial charge in [-0.15, -0.1) is 0 Å². The number of aryl methyl sites for hydroxylation is 3. The van der Waals surface area contributed by atoms with Crippen molar-refractivity contribution in [2.75, 3.05) is 5.32 Å². The zero-order chi connectivity index (χ0) is 14.0. The van der Waals surface area contributed by atoms with Gasteiger partial charge in [0.15, 0.2) is 0 Å². The second-order valence-corrected chi connectivity index (χ2v) is 4.08. The van der Waals surface area contributed by atoms with Crippen LogP contribution in [0.15, 0.2) is 12.3 Å². The Bertz CT molecular complexity index is 682. The van der Waals surface area contributed by atoms with Crippen LogP contribution in [0.1, 0.15) is 27.3 Å². The fourth-order valence-electron chi connectivity index (χ4n) is 1.62. The molecule has 1 N–H and O–H groups in total. The SMILES string of the molecule is Cc1cc(C(=O)Nc2c(C#N)cnn2C)c(C)nn1. The molecule has 2 rings (SSSR count). The minimum atomic E-state index is -0.337. The molecule has 0 radical (unpaired) electrons. The molecule has 96 valence electrons. The van der Waals surface area contributed by atoms with Gasteiger partial charge in [-0.05, 0) is 19.9 Å². The third-order valence-electron chi connectivity index (χ3n) is 2.64. The van der Waals surface area contributed by atoms with Crippen LogP contribution in [-0.2, 0) is 7.05 Å². The molecule has 0 saturated heterocycles. The van der Waals surface area contributed by atoms with Crippen LogP contribution in [0.2, 0.25) is 0 Å². The lowest BCUT2D eigenvalue weighted by atomic mass is 10.2. The summed E-state index contributed by atoms with van der Waals surface area (Å²) in [7, 11) is 1.65. The Morgan fingerprint density at radius 2 is 2.16 bits per heavy atom. The highest BCUT2D eigenvalue weighted by Gasteiger charge is 2.15. The Morgan fingerprint density at radius 1 is 1.42 bits per heavy atom. The van der Waals surface area contributed by atoms with Crippen LogP contribution in [0, 0.1) is 25.2 Å². The van der Waals surface area contributed by atoms with Crippen LogP contribution in [0.3, 0.4) is 0 Å². The van der Waals surface area contributed by atoms with E-state index in [2.05, 4.69) is 20.6 Å². The molecule has 0 atom stereocenters. The van der Waals surface area contributed by atoms with Gasteiger partial charge in [-0.2, -0.15) is 20.6 Å². The van der Waals surface area contributed by atoms with E-state index in [-0.39, 0.29) is 5.91 Å². The highest BCUT2D eigenvalue weighted by atomic mass is 16.1. The molecule has 0 spiro atoms. The molecule has 7 heteroatoms. The van der Waals surface area contributed by atoms with E-state index in [0.29, 0.717) is 28.3 Å². The maximum absolute atomic E-state index is 12.2. The Morgan fingerprint density at radius 3 is 2.84 bits per heavy atom. The summed E-state index contributed by atoms with van der Waals surface area (Å²) < 4.78 is 1.44. The number of nitrogens with one attached hydrogen (secondary N) is 1. The van der Waals surface area contributed by atoms with E-state index in [4.69, 9.17) is 5.26 Å². The van der Waals surface area contributed by atoms with Gasteiger partial charge in [0.25, 0.3) is 5.91 Å². The largest absolute Gasteiger partial charge is 0.306 e. The van der Waals surface area contributed by atoms with Crippen molar-refractivity contribution in [3.05, 3.63) is 34.8 Å². The molecule has 19 heavy (non-hydrogen) atoms. The van der Waals surface area contributed by atoms with E-state index in [1.807, 2.05) is 6.07 Å². The van der Waals surface area contributed by atoms with Crippen LogP contribution < -0.4 is 5.32 Å². The molecule has 0 aliphatic carbocycles. The predicted molar refractivity (Wildman–Crippen MR) is 67.4 cm³/mol. The van der Waals surface area contributed by atoms with Crippen molar-refractivity contribution in [1.29, 1.82) is 5.26 Å². The van der Waals surface area contributed by atoms with Crippen molar-refractivity contribution >= 4 is 11.7 Å². The standard InChI is InChI=1S/C12H12N6O/c1-7-4-10(8(2)17-16-7)12(19)15-11-9(5-13)6-14-18(11)3/h4,6H,1-3H3,(H,15,19). The van der Waals surface area contributed by atoms with E-state index >= 15 is 0 Å². The Balaban J connectivity index is 2.34. The Hall–Kier alpha value is -2.75. The van der Waals surface area contributed by atoms with Crippen LogP contribution in [0.25, 0.3) is 0 Å². The second kappa shape index (κ2) is 4.86. The van der Waals surface area contributed by atoms with Crippen LogP contribution in [-0.4, -0.2) is 25.9 Å². The summed E-state index contributed by atoms with van der Waals surface area (Å²) in [6.45, 7) is 3.46. The lowest BCUT2D eigenvalue weighted by molar-refractivity contribution is 0.102. The topological polar surface area (TPSA) is 96.5 Å². The average molecular weight is 256 g/mol. The van der Waals surface area contributed by atoms with Crippen molar-refractivity contribution in [3.8, 4) is 6.07 Å². The Labute approximate surface area is 109 Å². The fraction of sp³-hybridized carbons (Fsp3) is 0.250. The normalized spacial score (nSPS) is 10.0. The van der Waals surface area contributed by atoms with Gasteiger partial charge in [-0.1, -0.05) is 0 Å².